The summed E-state index contributed by atoms with van der Waals surface area (Å²) >= 11 is 0. The van der Waals surface area contributed by atoms with Crippen molar-refractivity contribution in [1.82, 2.24) is 10.2 Å². The first kappa shape index (κ1) is 24.5. The Kier molecular flexibility index (Phi) is 7.65. The lowest BCUT2D eigenvalue weighted by atomic mass is 10.1. The van der Waals surface area contributed by atoms with Crippen molar-refractivity contribution in [3.63, 3.8) is 0 Å². The monoisotopic (exact) mass is 485 g/mol. The van der Waals surface area contributed by atoms with Gasteiger partial charge >= 0.3 is 6.03 Å². The molecule has 1 fully saturated rings. The molecule has 8 nitrogen and oxygen atoms in total. The first-order valence-corrected chi connectivity index (χ1v) is 11.6. The first-order chi connectivity index (χ1) is 17.4. The minimum absolute atomic E-state index is 0.0729. The van der Waals surface area contributed by atoms with Gasteiger partial charge in [0.25, 0.3) is 5.91 Å². The summed E-state index contributed by atoms with van der Waals surface area (Å²) in [5.41, 5.74) is 3.32. The Labute approximate surface area is 209 Å². The maximum Gasteiger partial charge on any atom is 0.329 e. The number of imide groups is 1. The smallest absolute Gasteiger partial charge is 0.329 e. The SMILES string of the molecule is CCOc1cc(/C=C2/NC(=O)N(CC(=O)Nc3cccc(C)c3)C2=O)ccc1OCc1ccccc1. The number of rotatable bonds is 9. The predicted octanol–water partition coefficient (Wildman–Crippen LogP) is 4.50. The molecule has 0 aliphatic carbocycles. The fourth-order valence-electron chi connectivity index (χ4n) is 3.69. The van der Waals surface area contributed by atoms with Gasteiger partial charge in [-0.1, -0.05) is 48.5 Å². The Balaban J connectivity index is 1.44. The molecule has 1 aliphatic rings. The second-order valence-electron chi connectivity index (χ2n) is 8.21. The van der Waals surface area contributed by atoms with Crippen LogP contribution in [0.3, 0.4) is 0 Å². The number of urea groups is 1. The van der Waals surface area contributed by atoms with Crippen LogP contribution in [0.1, 0.15) is 23.6 Å². The number of aryl methyl sites for hydroxylation is 1. The summed E-state index contributed by atoms with van der Waals surface area (Å²) in [5, 5.41) is 5.24. The number of hydrogen-bond acceptors (Lipinski definition) is 5. The van der Waals surface area contributed by atoms with Crippen LogP contribution in [0.25, 0.3) is 6.08 Å². The molecule has 1 aliphatic heterocycles. The molecule has 0 radical (unpaired) electrons. The zero-order chi connectivity index (χ0) is 25.5. The van der Waals surface area contributed by atoms with Gasteiger partial charge in [-0.2, -0.15) is 0 Å². The molecule has 3 aromatic carbocycles. The molecule has 0 atom stereocenters. The standard InChI is InChI=1S/C28H27N3O5/c1-3-35-25-16-21(12-13-24(25)36-18-20-9-5-4-6-10-20)15-23-27(33)31(28(34)30-23)17-26(32)29-22-11-7-8-19(2)14-22/h4-16H,3,17-18H2,1-2H3,(H,29,32)(H,30,34)/b23-15+. The van der Waals surface area contributed by atoms with Gasteiger partial charge in [-0.15, -0.1) is 0 Å². The third-order valence-electron chi connectivity index (χ3n) is 5.38. The lowest BCUT2D eigenvalue weighted by Gasteiger charge is -2.13. The van der Waals surface area contributed by atoms with Crippen molar-refractivity contribution in [3.05, 3.63) is 95.2 Å². The maximum absolute atomic E-state index is 12.8. The number of amides is 4. The van der Waals surface area contributed by atoms with Crippen LogP contribution in [0.15, 0.2) is 78.5 Å². The highest BCUT2D eigenvalue weighted by molar-refractivity contribution is 6.16. The summed E-state index contributed by atoms with van der Waals surface area (Å²) in [5.74, 6) is 0.0404. The summed E-state index contributed by atoms with van der Waals surface area (Å²) in [7, 11) is 0. The molecule has 8 heteroatoms. The van der Waals surface area contributed by atoms with E-state index in [1.807, 2.05) is 56.3 Å². The van der Waals surface area contributed by atoms with E-state index in [0.717, 1.165) is 16.0 Å². The number of benzene rings is 3. The zero-order valence-electron chi connectivity index (χ0n) is 20.1. The molecular formula is C28H27N3O5. The minimum Gasteiger partial charge on any atom is -0.490 e. The number of carbonyl (C=O) groups excluding carboxylic acids is 3. The minimum atomic E-state index is -0.654. The van der Waals surface area contributed by atoms with Crippen molar-refractivity contribution in [2.75, 3.05) is 18.5 Å². The quantitative estimate of drug-likeness (QED) is 0.344. The molecule has 1 saturated heterocycles. The number of anilines is 1. The lowest BCUT2D eigenvalue weighted by molar-refractivity contribution is -0.127. The predicted molar refractivity (Wildman–Crippen MR) is 136 cm³/mol. The number of carbonyl (C=O) groups is 3. The van der Waals surface area contributed by atoms with Crippen LogP contribution in [0.2, 0.25) is 0 Å². The van der Waals surface area contributed by atoms with Gasteiger partial charge in [-0.05, 0) is 60.9 Å². The third kappa shape index (κ3) is 6.09. The second kappa shape index (κ2) is 11.2. The molecule has 2 N–H and O–H groups in total. The second-order valence-corrected chi connectivity index (χ2v) is 8.21. The molecular weight excluding hydrogens is 458 g/mol. The maximum atomic E-state index is 12.8. The summed E-state index contributed by atoms with van der Waals surface area (Å²) in [6, 6.07) is 21.7. The molecule has 3 aromatic rings. The Morgan fingerprint density at radius 3 is 2.53 bits per heavy atom. The van der Waals surface area contributed by atoms with Crippen LogP contribution < -0.4 is 20.1 Å². The van der Waals surface area contributed by atoms with Crippen molar-refractivity contribution < 1.29 is 23.9 Å². The molecule has 4 amide bonds. The number of ether oxygens (including phenoxy) is 2. The van der Waals surface area contributed by atoms with Crippen molar-refractivity contribution in [3.8, 4) is 11.5 Å². The highest BCUT2D eigenvalue weighted by Gasteiger charge is 2.35. The van der Waals surface area contributed by atoms with Gasteiger partial charge in [0, 0.05) is 5.69 Å². The normalized spacial score (nSPS) is 14.1. The first-order valence-electron chi connectivity index (χ1n) is 11.6. The third-order valence-corrected chi connectivity index (χ3v) is 5.38. The Morgan fingerprint density at radius 1 is 0.972 bits per heavy atom. The number of hydrogen-bond donors (Lipinski definition) is 2. The van der Waals surface area contributed by atoms with E-state index >= 15 is 0 Å². The highest BCUT2D eigenvalue weighted by Crippen LogP contribution is 2.30. The van der Waals surface area contributed by atoms with E-state index in [9.17, 15) is 14.4 Å². The van der Waals surface area contributed by atoms with E-state index in [4.69, 9.17) is 9.47 Å². The molecule has 0 saturated carbocycles. The summed E-state index contributed by atoms with van der Waals surface area (Å²) in [6.07, 6.45) is 1.54. The van der Waals surface area contributed by atoms with E-state index < -0.39 is 24.4 Å². The van der Waals surface area contributed by atoms with Gasteiger partial charge in [0.15, 0.2) is 11.5 Å². The molecule has 4 rings (SSSR count). The summed E-state index contributed by atoms with van der Waals surface area (Å²) in [4.78, 5) is 38.5. The molecule has 1 heterocycles. The van der Waals surface area contributed by atoms with E-state index in [2.05, 4.69) is 10.6 Å². The highest BCUT2D eigenvalue weighted by atomic mass is 16.5. The van der Waals surface area contributed by atoms with Crippen LogP contribution in [-0.4, -0.2) is 35.9 Å². The van der Waals surface area contributed by atoms with Gasteiger partial charge in [-0.25, -0.2) is 9.69 Å². The van der Waals surface area contributed by atoms with Gasteiger partial charge in [0.2, 0.25) is 5.91 Å². The topological polar surface area (TPSA) is 97.0 Å². The zero-order valence-corrected chi connectivity index (χ0v) is 20.1. The average molecular weight is 486 g/mol. The molecule has 184 valence electrons. The Morgan fingerprint density at radius 2 is 1.78 bits per heavy atom. The van der Waals surface area contributed by atoms with Crippen LogP contribution in [0.4, 0.5) is 10.5 Å². The van der Waals surface area contributed by atoms with E-state index in [1.165, 1.54) is 0 Å². The average Bonchev–Trinajstić information content (AvgIpc) is 3.11. The van der Waals surface area contributed by atoms with E-state index in [1.54, 1.807) is 36.4 Å². The fraction of sp³-hybridized carbons (Fsp3) is 0.179. The lowest BCUT2D eigenvalue weighted by Crippen LogP contribution is -2.38. The van der Waals surface area contributed by atoms with Crippen molar-refractivity contribution in [1.29, 1.82) is 0 Å². The van der Waals surface area contributed by atoms with Crippen molar-refractivity contribution in [2.24, 2.45) is 0 Å². The van der Waals surface area contributed by atoms with Crippen LogP contribution in [0.5, 0.6) is 11.5 Å². The molecule has 0 bridgehead atoms. The molecule has 36 heavy (non-hydrogen) atoms. The van der Waals surface area contributed by atoms with Crippen molar-refractivity contribution >= 4 is 29.6 Å². The van der Waals surface area contributed by atoms with E-state index in [-0.39, 0.29) is 5.70 Å². The number of nitrogens with zero attached hydrogens (tertiary/aromatic N) is 1. The van der Waals surface area contributed by atoms with Crippen molar-refractivity contribution in [2.45, 2.75) is 20.5 Å². The largest absolute Gasteiger partial charge is 0.490 e. The van der Waals surface area contributed by atoms with Crippen LogP contribution >= 0.6 is 0 Å². The van der Waals surface area contributed by atoms with Crippen LogP contribution in [-0.2, 0) is 16.2 Å². The fourth-order valence-corrected chi connectivity index (χ4v) is 3.69. The van der Waals surface area contributed by atoms with Gasteiger partial charge in [-0.3, -0.25) is 9.59 Å². The van der Waals surface area contributed by atoms with Gasteiger partial charge in [0.1, 0.15) is 18.8 Å². The van der Waals surface area contributed by atoms with Gasteiger partial charge < -0.3 is 20.1 Å². The Hall–Kier alpha value is -4.59. The number of nitrogens with one attached hydrogen (secondary N) is 2. The van der Waals surface area contributed by atoms with Crippen LogP contribution in [0, 0.1) is 6.92 Å². The Bertz CT molecular complexity index is 1300. The summed E-state index contributed by atoms with van der Waals surface area (Å²) < 4.78 is 11.6. The molecule has 0 unspecified atom stereocenters. The molecule has 0 aromatic heterocycles. The summed E-state index contributed by atoms with van der Waals surface area (Å²) in [6.45, 7) is 4.19. The van der Waals surface area contributed by atoms with Gasteiger partial charge in [0.05, 0.1) is 6.61 Å². The van der Waals surface area contributed by atoms with E-state index in [0.29, 0.717) is 36.0 Å². The molecule has 0 spiro atoms.